The quantitative estimate of drug-likeness (QED) is 0.778. The minimum Gasteiger partial charge on any atom is -0.379 e. The van der Waals surface area contributed by atoms with E-state index in [1.54, 1.807) is 36.1 Å². The second kappa shape index (κ2) is 3.78. The highest BCUT2D eigenvalue weighted by Crippen LogP contribution is 2.17. The van der Waals surface area contributed by atoms with Crippen molar-refractivity contribution in [3.05, 3.63) is 42.0 Å². The van der Waals surface area contributed by atoms with E-state index < -0.39 is 6.10 Å². The van der Waals surface area contributed by atoms with Crippen molar-refractivity contribution >= 4 is 0 Å². The standard InChI is InChI=1S/C10H12N4O/c1-7-11-4-3-8(13-7)9(15)10-12-5-6-14(10)2/h3-6,9,15H,1-2H3. The van der Waals surface area contributed by atoms with Crippen molar-refractivity contribution in [2.24, 2.45) is 7.05 Å². The Morgan fingerprint density at radius 3 is 2.73 bits per heavy atom. The summed E-state index contributed by atoms with van der Waals surface area (Å²) in [5.41, 5.74) is 0.566. The van der Waals surface area contributed by atoms with Gasteiger partial charge in [0.25, 0.3) is 0 Å². The maximum absolute atomic E-state index is 10.0. The molecule has 0 amide bonds. The van der Waals surface area contributed by atoms with E-state index in [-0.39, 0.29) is 0 Å². The van der Waals surface area contributed by atoms with Crippen LogP contribution in [0.4, 0.5) is 0 Å². The highest BCUT2D eigenvalue weighted by molar-refractivity contribution is 5.14. The Morgan fingerprint density at radius 1 is 1.33 bits per heavy atom. The first-order chi connectivity index (χ1) is 7.18. The largest absolute Gasteiger partial charge is 0.379 e. The zero-order chi connectivity index (χ0) is 10.8. The summed E-state index contributed by atoms with van der Waals surface area (Å²) in [4.78, 5) is 12.2. The van der Waals surface area contributed by atoms with Crippen LogP contribution >= 0.6 is 0 Å². The Balaban J connectivity index is 2.36. The lowest BCUT2D eigenvalue weighted by Gasteiger charge is -2.09. The van der Waals surface area contributed by atoms with E-state index in [2.05, 4.69) is 15.0 Å². The summed E-state index contributed by atoms with van der Waals surface area (Å²) in [5.74, 6) is 1.22. The van der Waals surface area contributed by atoms with Crippen LogP contribution in [0.25, 0.3) is 0 Å². The average molecular weight is 204 g/mol. The second-order valence-corrected chi connectivity index (χ2v) is 3.33. The van der Waals surface area contributed by atoms with Gasteiger partial charge in [-0.2, -0.15) is 0 Å². The first-order valence-electron chi connectivity index (χ1n) is 4.63. The molecule has 1 unspecified atom stereocenters. The third kappa shape index (κ3) is 1.87. The lowest BCUT2D eigenvalue weighted by molar-refractivity contribution is 0.201. The fraction of sp³-hybridized carbons (Fsp3) is 0.300. The third-order valence-electron chi connectivity index (χ3n) is 2.18. The summed E-state index contributed by atoms with van der Waals surface area (Å²) in [5, 5.41) is 10.0. The molecule has 0 aliphatic carbocycles. The van der Waals surface area contributed by atoms with Crippen LogP contribution in [0, 0.1) is 6.92 Å². The lowest BCUT2D eigenvalue weighted by Crippen LogP contribution is -2.09. The summed E-state index contributed by atoms with van der Waals surface area (Å²) < 4.78 is 1.77. The number of imidazole rings is 1. The summed E-state index contributed by atoms with van der Waals surface area (Å²) in [6, 6.07) is 1.69. The highest BCUT2D eigenvalue weighted by atomic mass is 16.3. The average Bonchev–Trinajstić information content (AvgIpc) is 2.63. The van der Waals surface area contributed by atoms with Gasteiger partial charge in [0, 0.05) is 25.6 Å². The molecule has 5 nitrogen and oxygen atoms in total. The first-order valence-corrected chi connectivity index (χ1v) is 4.63. The van der Waals surface area contributed by atoms with Gasteiger partial charge < -0.3 is 9.67 Å². The number of aryl methyl sites for hydroxylation is 2. The predicted octanol–water partition coefficient (Wildman–Crippen LogP) is 0.600. The normalized spacial score (nSPS) is 12.7. The maximum atomic E-state index is 10.0. The van der Waals surface area contributed by atoms with Gasteiger partial charge in [0.05, 0.1) is 5.69 Å². The molecule has 5 heteroatoms. The van der Waals surface area contributed by atoms with E-state index in [1.165, 1.54) is 0 Å². The van der Waals surface area contributed by atoms with Crippen LogP contribution in [-0.4, -0.2) is 24.6 Å². The lowest BCUT2D eigenvalue weighted by atomic mass is 10.2. The molecular formula is C10H12N4O. The van der Waals surface area contributed by atoms with Crippen molar-refractivity contribution in [1.29, 1.82) is 0 Å². The van der Waals surface area contributed by atoms with Gasteiger partial charge in [-0.15, -0.1) is 0 Å². The van der Waals surface area contributed by atoms with Gasteiger partial charge in [-0.1, -0.05) is 0 Å². The minimum absolute atomic E-state index is 0.566. The van der Waals surface area contributed by atoms with E-state index in [0.717, 1.165) is 0 Å². The van der Waals surface area contributed by atoms with Gasteiger partial charge in [-0.25, -0.2) is 15.0 Å². The molecule has 0 saturated carbocycles. The Bertz CT molecular complexity index is 466. The van der Waals surface area contributed by atoms with E-state index in [4.69, 9.17) is 0 Å². The minimum atomic E-state index is -0.799. The van der Waals surface area contributed by atoms with E-state index >= 15 is 0 Å². The molecule has 0 saturated heterocycles. The molecule has 0 aliphatic rings. The maximum Gasteiger partial charge on any atom is 0.154 e. The number of hydrogen-bond donors (Lipinski definition) is 1. The highest BCUT2D eigenvalue weighted by Gasteiger charge is 2.16. The molecule has 2 rings (SSSR count). The molecule has 0 bridgehead atoms. The molecule has 2 aromatic heterocycles. The molecule has 2 aromatic rings. The molecule has 78 valence electrons. The monoisotopic (exact) mass is 204 g/mol. The summed E-state index contributed by atoms with van der Waals surface area (Å²) in [6.07, 6.45) is 4.26. The second-order valence-electron chi connectivity index (χ2n) is 3.33. The van der Waals surface area contributed by atoms with Crippen LogP contribution in [0.15, 0.2) is 24.7 Å². The molecule has 1 atom stereocenters. The summed E-state index contributed by atoms with van der Waals surface area (Å²) >= 11 is 0. The number of rotatable bonds is 2. The van der Waals surface area contributed by atoms with Gasteiger partial charge >= 0.3 is 0 Å². The van der Waals surface area contributed by atoms with Crippen LogP contribution in [0.2, 0.25) is 0 Å². The van der Waals surface area contributed by atoms with E-state index in [9.17, 15) is 5.11 Å². The van der Waals surface area contributed by atoms with Crippen molar-refractivity contribution < 1.29 is 5.11 Å². The van der Waals surface area contributed by atoms with Crippen molar-refractivity contribution in [2.45, 2.75) is 13.0 Å². The first kappa shape index (κ1) is 9.79. The molecule has 1 N–H and O–H groups in total. The van der Waals surface area contributed by atoms with Crippen molar-refractivity contribution in [1.82, 2.24) is 19.5 Å². The van der Waals surface area contributed by atoms with Crippen LogP contribution in [0.5, 0.6) is 0 Å². The van der Waals surface area contributed by atoms with E-state index in [0.29, 0.717) is 17.3 Å². The van der Waals surface area contributed by atoms with Crippen molar-refractivity contribution in [2.75, 3.05) is 0 Å². The van der Waals surface area contributed by atoms with Crippen LogP contribution in [0.1, 0.15) is 23.4 Å². The van der Waals surface area contributed by atoms with Gasteiger partial charge in [0.15, 0.2) is 6.10 Å². The third-order valence-corrected chi connectivity index (χ3v) is 2.18. The molecule has 0 spiro atoms. The summed E-state index contributed by atoms with van der Waals surface area (Å²) in [6.45, 7) is 1.79. The fourth-order valence-corrected chi connectivity index (χ4v) is 1.40. The topological polar surface area (TPSA) is 63.8 Å². The molecule has 15 heavy (non-hydrogen) atoms. The number of hydrogen-bond acceptors (Lipinski definition) is 4. The Kier molecular flexibility index (Phi) is 2.47. The predicted molar refractivity (Wildman–Crippen MR) is 54.0 cm³/mol. The Hall–Kier alpha value is -1.75. The number of aliphatic hydroxyl groups is 1. The molecule has 2 heterocycles. The van der Waals surface area contributed by atoms with Gasteiger partial charge in [0.2, 0.25) is 0 Å². The van der Waals surface area contributed by atoms with Gasteiger partial charge in [-0.05, 0) is 13.0 Å². The van der Waals surface area contributed by atoms with Crippen molar-refractivity contribution in [3.8, 4) is 0 Å². The van der Waals surface area contributed by atoms with Crippen LogP contribution in [-0.2, 0) is 7.05 Å². The Morgan fingerprint density at radius 2 is 2.13 bits per heavy atom. The van der Waals surface area contributed by atoms with E-state index in [1.807, 2.05) is 7.05 Å². The zero-order valence-electron chi connectivity index (χ0n) is 8.62. The van der Waals surface area contributed by atoms with Gasteiger partial charge in [0.1, 0.15) is 11.6 Å². The molecule has 0 radical (unpaired) electrons. The SMILES string of the molecule is Cc1nccc(C(O)c2nccn2C)n1. The van der Waals surface area contributed by atoms with Crippen molar-refractivity contribution in [3.63, 3.8) is 0 Å². The van der Waals surface area contributed by atoms with Crippen LogP contribution < -0.4 is 0 Å². The number of nitrogens with zero attached hydrogens (tertiary/aromatic N) is 4. The zero-order valence-corrected chi connectivity index (χ0v) is 8.62. The number of aliphatic hydroxyl groups excluding tert-OH is 1. The Labute approximate surface area is 87.5 Å². The summed E-state index contributed by atoms with van der Waals surface area (Å²) in [7, 11) is 1.83. The molecule has 0 fully saturated rings. The fourth-order valence-electron chi connectivity index (χ4n) is 1.40. The molecule has 0 aliphatic heterocycles. The molecular weight excluding hydrogens is 192 g/mol. The smallest absolute Gasteiger partial charge is 0.154 e. The van der Waals surface area contributed by atoms with Crippen LogP contribution in [0.3, 0.4) is 0 Å². The number of aromatic nitrogens is 4. The van der Waals surface area contributed by atoms with Gasteiger partial charge in [-0.3, -0.25) is 0 Å². The molecule has 0 aromatic carbocycles.